The number of fused-ring (bicyclic) bond motifs is 8. The van der Waals surface area contributed by atoms with E-state index >= 15 is 0 Å². The van der Waals surface area contributed by atoms with Crippen LogP contribution >= 0.6 is 0 Å². The van der Waals surface area contributed by atoms with Gasteiger partial charge in [0.25, 0.3) is 0 Å². The van der Waals surface area contributed by atoms with Crippen molar-refractivity contribution in [2.75, 3.05) is 63.4 Å². The van der Waals surface area contributed by atoms with Crippen molar-refractivity contribution in [2.45, 2.75) is 68.3 Å². The molecule has 5 aromatic carbocycles. The highest BCUT2D eigenvalue weighted by Gasteiger charge is 2.51. The van der Waals surface area contributed by atoms with Crippen molar-refractivity contribution in [1.29, 1.82) is 0 Å². The van der Waals surface area contributed by atoms with Gasteiger partial charge in [-0.2, -0.15) is 26.3 Å². The number of halogens is 6. The van der Waals surface area contributed by atoms with Gasteiger partial charge in [-0.1, -0.05) is 54.6 Å². The second kappa shape index (κ2) is 15.8. The Morgan fingerprint density at radius 1 is 0.689 bits per heavy atom. The van der Waals surface area contributed by atoms with E-state index in [1.807, 2.05) is 78.9 Å². The molecule has 2 saturated heterocycles. The van der Waals surface area contributed by atoms with Crippen LogP contribution < -0.4 is 24.0 Å². The third kappa shape index (κ3) is 7.44. The van der Waals surface area contributed by atoms with Gasteiger partial charge in [0.1, 0.15) is 17.2 Å². The zero-order chi connectivity index (χ0) is 42.6. The van der Waals surface area contributed by atoms with E-state index in [4.69, 9.17) is 18.9 Å². The van der Waals surface area contributed by atoms with Crippen molar-refractivity contribution >= 4 is 28.2 Å². The Hall–Kier alpha value is -5.36. The zero-order valence-electron chi connectivity index (χ0n) is 34.2. The number of morpholine rings is 1. The lowest BCUT2D eigenvalue weighted by Gasteiger charge is -2.40. The number of alkyl halides is 6. The van der Waals surface area contributed by atoms with Gasteiger partial charge < -0.3 is 28.7 Å². The molecule has 9 rings (SSSR count). The minimum Gasteiger partial charge on any atom is -0.497 e. The Labute approximate surface area is 351 Å². The minimum absolute atomic E-state index is 0.365. The molecule has 5 aromatic rings. The summed E-state index contributed by atoms with van der Waals surface area (Å²) in [5, 5.41) is 1.33. The van der Waals surface area contributed by atoms with Crippen molar-refractivity contribution in [3.8, 4) is 28.4 Å². The quantitative estimate of drug-likeness (QED) is 0.131. The third-order valence-electron chi connectivity index (χ3n) is 13.1. The molecule has 0 radical (unpaired) electrons. The summed E-state index contributed by atoms with van der Waals surface area (Å²) in [4.78, 5) is 4.51. The second-order valence-corrected chi connectivity index (χ2v) is 16.5. The van der Waals surface area contributed by atoms with Crippen LogP contribution in [-0.2, 0) is 15.8 Å². The first-order valence-electron chi connectivity index (χ1n) is 21.0. The Morgan fingerprint density at radius 2 is 1.33 bits per heavy atom. The molecule has 4 aliphatic rings. The van der Waals surface area contributed by atoms with Gasteiger partial charge in [0.05, 0.1) is 33.1 Å². The van der Waals surface area contributed by atoms with E-state index in [0.29, 0.717) is 69.1 Å². The maximum atomic E-state index is 14.4. The standard InChI is InChI=1S/C49H48F6N2O4/c1-58-35-16-12-33(13-17-35)47(32-10-14-34(15-11-32)56-26-28-60-29-27-56)19-18-37-44-43(38-30-41(57-24-6-3-7-25-57)42(59-2)31-39(38)45(37)61-47)36-8-4-5-9-40(36)46(44,20-22-48(50,51)52)21-23-49(53,54)55/h4-5,8-19,30-31H,3,6-7,20-29H2,1-2H3. The Balaban J connectivity index is 1.34. The molecule has 12 heteroatoms. The molecule has 6 nitrogen and oxygen atoms in total. The summed E-state index contributed by atoms with van der Waals surface area (Å²) in [6.07, 6.45) is -6.07. The Bertz CT molecular complexity index is 2420. The molecule has 0 N–H and O–H groups in total. The molecule has 1 unspecified atom stereocenters. The van der Waals surface area contributed by atoms with Crippen molar-refractivity contribution in [1.82, 2.24) is 0 Å². The SMILES string of the molecule is COc1ccc(C2(c3ccc(N4CCOCC4)cc3)C=Cc3c4c(c5cc(N6CCCCC6)c(OC)cc5c3O2)-c2ccccc2C4(CCC(F)(F)F)CCC(F)(F)F)cc1. The molecule has 320 valence electrons. The van der Waals surface area contributed by atoms with Crippen LogP contribution in [0.2, 0.25) is 0 Å². The first-order chi connectivity index (χ1) is 29.3. The molecule has 0 amide bonds. The van der Waals surface area contributed by atoms with Crippen LogP contribution in [0.3, 0.4) is 0 Å². The predicted molar refractivity (Wildman–Crippen MR) is 226 cm³/mol. The van der Waals surface area contributed by atoms with Gasteiger partial charge in [-0.15, -0.1) is 0 Å². The molecule has 1 aliphatic carbocycles. The number of methoxy groups -OCH3 is 2. The van der Waals surface area contributed by atoms with Crippen LogP contribution in [0.5, 0.6) is 17.2 Å². The van der Waals surface area contributed by atoms with E-state index in [2.05, 4.69) is 9.80 Å². The fourth-order valence-corrected chi connectivity index (χ4v) is 10.1. The van der Waals surface area contributed by atoms with Crippen molar-refractivity contribution in [3.63, 3.8) is 0 Å². The van der Waals surface area contributed by atoms with Gasteiger partial charge in [0.2, 0.25) is 0 Å². The maximum absolute atomic E-state index is 14.4. The van der Waals surface area contributed by atoms with Crippen LogP contribution in [-0.4, -0.2) is 66.0 Å². The van der Waals surface area contributed by atoms with Crippen LogP contribution in [0.1, 0.15) is 72.8 Å². The number of hydrogen-bond donors (Lipinski definition) is 0. The summed E-state index contributed by atoms with van der Waals surface area (Å²) in [5.74, 6) is 1.60. The normalized spacial score (nSPS) is 19.6. The predicted octanol–water partition coefficient (Wildman–Crippen LogP) is 12.0. The molecule has 0 bridgehead atoms. The van der Waals surface area contributed by atoms with Gasteiger partial charge in [0, 0.05) is 72.2 Å². The molecule has 0 aromatic heterocycles. The lowest BCUT2D eigenvalue weighted by molar-refractivity contribution is -0.143. The van der Waals surface area contributed by atoms with Gasteiger partial charge in [-0.25, -0.2) is 0 Å². The maximum Gasteiger partial charge on any atom is 0.389 e. The number of rotatable bonds is 10. The first-order valence-corrected chi connectivity index (χ1v) is 21.0. The fraction of sp³-hybridized carbons (Fsp3) is 0.388. The molecule has 0 spiro atoms. The summed E-state index contributed by atoms with van der Waals surface area (Å²) < 4.78 is 111. The number of nitrogens with zero attached hydrogens (tertiary/aromatic N) is 2. The molecular formula is C49H48F6N2O4. The molecule has 3 aliphatic heterocycles. The molecule has 61 heavy (non-hydrogen) atoms. The lowest BCUT2D eigenvalue weighted by atomic mass is 9.68. The van der Waals surface area contributed by atoms with E-state index in [0.717, 1.165) is 67.9 Å². The van der Waals surface area contributed by atoms with Crippen molar-refractivity contribution in [2.24, 2.45) is 0 Å². The summed E-state index contributed by atoms with van der Waals surface area (Å²) in [5.41, 5.74) is 3.08. The van der Waals surface area contributed by atoms with E-state index in [9.17, 15) is 26.3 Å². The molecule has 1 atom stereocenters. The monoisotopic (exact) mass is 842 g/mol. The number of piperidine rings is 1. The summed E-state index contributed by atoms with van der Waals surface area (Å²) in [6.45, 7) is 4.31. The molecule has 0 saturated carbocycles. The van der Waals surface area contributed by atoms with Crippen LogP contribution in [0.4, 0.5) is 37.7 Å². The van der Waals surface area contributed by atoms with E-state index in [1.165, 1.54) is 0 Å². The number of anilines is 2. The van der Waals surface area contributed by atoms with Crippen molar-refractivity contribution < 1.29 is 45.3 Å². The Kier molecular flexibility index (Phi) is 10.6. The highest BCUT2D eigenvalue weighted by atomic mass is 19.4. The highest BCUT2D eigenvalue weighted by Crippen LogP contribution is 2.62. The van der Waals surface area contributed by atoms with Gasteiger partial charge in [0.15, 0.2) is 5.60 Å². The number of benzene rings is 5. The molecule has 3 heterocycles. The second-order valence-electron chi connectivity index (χ2n) is 16.5. The van der Waals surface area contributed by atoms with E-state index < -0.39 is 49.1 Å². The number of hydrogen-bond acceptors (Lipinski definition) is 6. The van der Waals surface area contributed by atoms with E-state index in [-0.39, 0.29) is 0 Å². The van der Waals surface area contributed by atoms with E-state index in [1.54, 1.807) is 32.4 Å². The van der Waals surface area contributed by atoms with Crippen LogP contribution in [0.15, 0.2) is 91.0 Å². The third-order valence-corrected chi connectivity index (χ3v) is 13.1. The summed E-state index contributed by atoms with van der Waals surface area (Å²) in [6, 6.07) is 26.7. The average molecular weight is 843 g/mol. The fourth-order valence-electron chi connectivity index (χ4n) is 10.1. The average Bonchev–Trinajstić information content (AvgIpc) is 3.57. The van der Waals surface area contributed by atoms with Crippen molar-refractivity contribution in [3.05, 3.63) is 119 Å². The largest absolute Gasteiger partial charge is 0.497 e. The van der Waals surface area contributed by atoms with Gasteiger partial charge in [-0.05, 0) is 102 Å². The summed E-state index contributed by atoms with van der Waals surface area (Å²) in [7, 11) is 3.20. The number of ether oxygens (including phenoxy) is 4. The smallest absolute Gasteiger partial charge is 0.389 e. The van der Waals surface area contributed by atoms with Gasteiger partial charge >= 0.3 is 12.4 Å². The summed E-state index contributed by atoms with van der Waals surface area (Å²) >= 11 is 0. The minimum atomic E-state index is -4.61. The molecular weight excluding hydrogens is 795 g/mol. The highest BCUT2D eigenvalue weighted by molar-refractivity contribution is 6.10. The lowest BCUT2D eigenvalue weighted by Crippen LogP contribution is -2.37. The molecule has 2 fully saturated rings. The van der Waals surface area contributed by atoms with Crippen LogP contribution in [0, 0.1) is 0 Å². The van der Waals surface area contributed by atoms with Gasteiger partial charge in [-0.3, -0.25) is 0 Å². The Morgan fingerprint density at radius 3 is 1.95 bits per heavy atom. The topological polar surface area (TPSA) is 43.4 Å². The van der Waals surface area contributed by atoms with Crippen LogP contribution in [0.25, 0.3) is 28.0 Å². The zero-order valence-corrected chi connectivity index (χ0v) is 34.2. The first kappa shape index (κ1) is 41.0.